The zero-order chi connectivity index (χ0) is 21.8. The predicted molar refractivity (Wildman–Crippen MR) is 113 cm³/mol. The molecule has 0 aliphatic carbocycles. The van der Waals surface area contributed by atoms with Gasteiger partial charge in [0.1, 0.15) is 0 Å². The van der Waals surface area contributed by atoms with Crippen molar-refractivity contribution in [1.82, 2.24) is 14.9 Å². The Balaban J connectivity index is 1.42. The Morgan fingerprint density at radius 1 is 1.19 bits per heavy atom. The fourth-order valence-corrected chi connectivity index (χ4v) is 4.33. The van der Waals surface area contributed by atoms with E-state index >= 15 is 0 Å². The maximum absolute atomic E-state index is 12.8. The summed E-state index contributed by atoms with van der Waals surface area (Å²) in [4.78, 5) is 23.3. The molecule has 0 radical (unpaired) electrons. The maximum Gasteiger partial charge on any atom is 0.416 e. The quantitative estimate of drug-likeness (QED) is 0.584. The predicted octanol–water partition coefficient (Wildman–Crippen LogP) is 4.92. The van der Waals surface area contributed by atoms with Gasteiger partial charge in [-0.25, -0.2) is 4.98 Å². The van der Waals surface area contributed by atoms with Crippen LogP contribution in [0.5, 0.6) is 0 Å². The molecule has 31 heavy (non-hydrogen) atoms. The zero-order valence-corrected chi connectivity index (χ0v) is 17.4. The smallest absolute Gasteiger partial charge is 0.301 e. The van der Waals surface area contributed by atoms with Gasteiger partial charge in [0.25, 0.3) is 0 Å². The van der Waals surface area contributed by atoms with Gasteiger partial charge < -0.3 is 5.32 Å². The summed E-state index contributed by atoms with van der Waals surface area (Å²) in [5, 5.41) is 5.19. The number of likely N-dealkylation sites (tertiary alicyclic amines) is 1. The van der Waals surface area contributed by atoms with E-state index in [4.69, 9.17) is 4.98 Å². The number of pyridine rings is 1. The van der Waals surface area contributed by atoms with E-state index in [9.17, 15) is 18.0 Å². The third-order valence-electron chi connectivity index (χ3n) is 5.23. The van der Waals surface area contributed by atoms with Crippen molar-refractivity contribution in [2.24, 2.45) is 0 Å². The molecule has 4 rings (SSSR count). The summed E-state index contributed by atoms with van der Waals surface area (Å²) in [6.45, 7) is 1.07. The van der Waals surface area contributed by atoms with E-state index in [2.05, 4.69) is 15.2 Å². The van der Waals surface area contributed by atoms with Crippen molar-refractivity contribution < 1.29 is 18.0 Å². The molecule has 1 aliphatic rings. The van der Waals surface area contributed by atoms with Crippen molar-refractivity contribution in [3.05, 3.63) is 76.6 Å². The van der Waals surface area contributed by atoms with Crippen molar-refractivity contribution in [3.63, 3.8) is 0 Å². The lowest BCUT2D eigenvalue weighted by Gasteiger charge is -2.23. The number of anilines is 1. The highest BCUT2D eigenvalue weighted by Crippen LogP contribution is 2.31. The van der Waals surface area contributed by atoms with Gasteiger partial charge in [0.2, 0.25) is 5.91 Å². The van der Waals surface area contributed by atoms with Gasteiger partial charge in [-0.15, -0.1) is 11.3 Å². The first-order valence-electron chi connectivity index (χ1n) is 9.94. The van der Waals surface area contributed by atoms with Gasteiger partial charge in [0, 0.05) is 23.7 Å². The largest absolute Gasteiger partial charge is 0.416 e. The van der Waals surface area contributed by atoms with Gasteiger partial charge in [0.05, 0.1) is 23.8 Å². The minimum absolute atomic E-state index is 0.0367. The molecule has 1 amide bonds. The van der Waals surface area contributed by atoms with Crippen LogP contribution < -0.4 is 5.32 Å². The minimum atomic E-state index is -4.34. The van der Waals surface area contributed by atoms with E-state index in [1.165, 1.54) is 23.5 Å². The van der Waals surface area contributed by atoms with E-state index in [0.29, 0.717) is 11.6 Å². The number of benzene rings is 1. The molecule has 5 nitrogen and oxygen atoms in total. The lowest BCUT2D eigenvalue weighted by molar-refractivity contribution is -0.137. The SMILES string of the molecule is O=C(CN1CCC[C@H]1c1cccc(Cc2ccc(C(F)(F)F)cc2)n1)Nc1nccs1. The molecule has 2 aromatic heterocycles. The Hall–Kier alpha value is -2.78. The van der Waals surface area contributed by atoms with Crippen molar-refractivity contribution in [2.75, 3.05) is 18.4 Å². The van der Waals surface area contributed by atoms with Gasteiger partial charge >= 0.3 is 6.18 Å². The van der Waals surface area contributed by atoms with Crippen LogP contribution in [0.15, 0.2) is 54.0 Å². The number of aromatic nitrogens is 2. The number of thiazole rings is 1. The van der Waals surface area contributed by atoms with E-state index in [1.807, 2.05) is 18.2 Å². The second kappa shape index (κ2) is 9.15. The van der Waals surface area contributed by atoms with Gasteiger partial charge in [0.15, 0.2) is 5.13 Å². The van der Waals surface area contributed by atoms with Crippen LogP contribution in [0.1, 0.15) is 41.4 Å². The second-order valence-electron chi connectivity index (χ2n) is 7.44. The zero-order valence-electron chi connectivity index (χ0n) is 16.6. The Kier molecular flexibility index (Phi) is 6.33. The van der Waals surface area contributed by atoms with Crippen LogP contribution in [0.2, 0.25) is 0 Å². The Bertz CT molecular complexity index is 1020. The fourth-order valence-electron chi connectivity index (χ4n) is 3.78. The molecule has 1 aliphatic heterocycles. The summed E-state index contributed by atoms with van der Waals surface area (Å²) < 4.78 is 38.3. The third-order valence-corrected chi connectivity index (χ3v) is 5.91. The van der Waals surface area contributed by atoms with E-state index in [1.54, 1.807) is 11.6 Å². The number of alkyl halides is 3. The average Bonchev–Trinajstić information content (AvgIpc) is 3.40. The molecule has 0 unspecified atom stereocenters. The highest BCUT2D eigenvalue weighted by Gasteiger charge is 2.30. The molecule has 3 aromatic rings. The highest BCUT2D eigenvalue weighted by molar-refractivity contribution is 7.13. The molecule has 3 heterocycles. The lowest BCUT2D eigenvalue weighted by atomic mass is 10.1. The number of hydrogen-bond donors (Lipinski definition) is 1. The van der Waals surface area contributed by atoms with Gasteiger partial charge in [-0.3, -0.25) is 14.7 Å². The topological polar surface area (TPSA) is 58.1 Å². The van der Waals surface area contributed by atoms with Crippen LogP contribution in [0.25, 0.3) is 0 Å². The summed E-state index contributed by atoms with van der Waals surface area (Å²) in [7, 11) is 0. The van der Waals surface area contributed by atoms with E-state index < -0.39 is 11.7 Å². The van der Waals surface area contributed by atoms with Gasteiger partial charge in [-0.05, 0) is 49.2 Å². The van der Waals surface area contributed by atoms with Crippen molar-refractivity contribution in [2.45, 2.75) is 31.5 Å². The molecule has 1 fully saturated rings. The maximum atomic E-state index is 12.8. The number of carbonyl (C=O) groups is 1. The number of rotatable bonds is 6. The van der Waals surface area contributed by atoms with Crippen LogP contribution in [0.3, 0.4) is 0 Å². The van der Waals surface area contributed by atoms with E-state index in [-0.39, 0.29) is 18.5 Å². The monoisotopic (exact) mass is 446 g/mol. The number of amides is 1. The standard InChI is InChI=1S/C22H21F3N4OS/c23-22(24,25)16-8-6-15(7-9-16)13-17-3-1-4-18(27-17)19-5-2-11-29(19)14-20(30)28-21-26-10-12-31-21/h1,3-4,6-10,12,19H,2,5,11,13-14H2,(H,26,28,30)/t19-/m0/s1. The highest BCUT2D eigenvalue weighted by atomic mass is 32.1. The van der Waals surface area contributed by atoms with Crippen molar-refractivity contribution in [3.8, 4) is 0 Å². The summed E-state index contributed by atoms with van der Waals surface area (Å²) >= 11 is 1.37. The Morgan fingerprint density at radius 2 is 2.00 bits per heavy atom. The number of nitrogens with zero attached hydrogens (tertiary/aromatic N) is 3. The van der Waals surface area contributed by atoms with E-state index in [0.717, 1.165) is 48.5 Å². The van der Waals surface area contributed by atoms with Crippen LogP contribution in [0.4, 0.5) is 18.3 Å². The molecule has 162 valence electrons. The summed E-state index contributed by atoms with van der Waals surface area (Å²) in [5.41, 5.74) is 1.78. The number of nitrogens with one attached hydrogen (secondary N) is 1. The number of carbonyl (C=O) groups excluding carboxylic acids is 1. The van der Waals surface area contributed by atoms with Gasteiger partial charge in [-0.1, -0.05) is 18.2 Å². The molecule has 0 spiro atoms. The van der Waals surface area contributed by atoms with Crippen LogP contribution in [-0.4, -0.2) is 33.9 Å². The molecule has 1 atom stereocenters. The molecular formula is C22H21F3N4OS. The summed E-state index contributed by atoms with van der Waals surface area (Å²) in [6, 6.07) is 10.9. The minimum Gasteiger partial charge on any atom is -0.301 e. The molecule has 9 heteroatoms. The molecule has 0 bridgehead atoms. The first-order chi connectivity index (χ1) is 14.9. The third kappa shape index (κ3) is 5.48. The Labute approximate surface area is 182 Å². The lowest BCUT2D eigenvalue weighted by Crippen LogP contribution is -2.33. The number of hydrogen-bond acceptors (Lipinski definition) is 5. The second-order valence-corrected chi connectivity index (χ2v) is 8.33. The first kappa shape index (κ1) is 21.5. The number of halogens is 3. The molecule has 1 aromatic carbocycles. The molecule has 1 saturated heterocycles. The summed E-state index contributed by atoms with van der Waals surface area (Å²) in [5.74, 6) is -0.109. The van der Waals surface area contributed by atoms with Gasteiger partial charge in [-0.2, -0.15) is 13.2 Å². The average molecular weight is 446 g/mol. The Morgan fingerprint density at radius 3 is 2.71 bits per heavy atom. The van der Waals surface area contributed by atoms with Crippen molar-refractivity contribution in [1.29, 1.82) is 0 Å². The van der Waals surface area contributed by atoms with Crippen LogP contribution in [-0.2, 0) is 17.4 Å². The van der Waals surface area contributed by atoms with Crippen LogP contribution in [0, 0.1) is 0 Å². The van der Waals surface area contributed by atoms with Crippen LogP contribution >= 0.6 is 11.3 Å². The molecule has 1 N–H and O–H groups in total. The molecule has 0 saturated carbocycles. The first-order valence-corrected chi connectivity index (χ1v) is 10.8. The van der Waals surface area contributed by atoms with Crippen molar-refractivity contribution >= 4 is 22.4 Å². The summed E-state index contributed by atoms with van der Waals surface area (Å²) in [6.07, 6.45) is -0.371. The normalized spacial score (nSPS) is 17.1. The fraction of sp³-hybridized carbons (Fsp3) is 0.318. The molecular weight excluding hydrogens is 425 g/mol.